The van der Waals surface area contributed by atoms with E-state index >= 15 is 0 Å². The van der Waals surface area contributed by atoms with Gasteiger partial charge in [-0.2, -0.15) is 0 Å². The van der Waals surface area contributed by atoms with Crippen LogP contribution in [0.1, 0.15) is 17.5 Å². The van der Waals surface area contributed by atoms with Crippen molar-refractivity contribution in [1.82, 2.24) is 0 Å². The first kappa shape index (κ1) is 11.1. The van der Waals surface area contributed by atoms with E-state index in [9.17, 15) is 0 Å². The maximum atomic E-state index is 5.39. The molecule has 0 aliphatic rings. The third kappa shape index (κ3) is 3.02. The van der Waals surface area contributed by atoms with Crippen molar-refractivity contribution in [2.45, 2.75) is 6.42 Å². The molecule has 0 spiro atoms. The molecule has 15 heavy (non-hydrogen) atoms. The van der Waals surface area contributed by atoms with E-state index in [4.69, 9.17) is 11.5 Å². The molecule has 0 heterocycles. The minimum absolute atomic E-state index is 0.756. The number of allylic oxidation sites excluding steroid dienone is 2. The van der Waals surface area contributed by atoms with Gasteiger partial charge in [0.25, 0.3) is 0 Å². The Morgan fingerprint density at radius 2 is 1.93 bits per heavy atom. The molecule has 4 N–H and O–H groups in total. The highest BCUT2D eigenvalue weighted by molar-refractivity contribution is 5.73. The first-order valence-corrected chi connectivity index (χ1v) is 4.81. The molecule has 0 saturated heterocycles. The summed E-state index contributed by atoms with van der Waals surface area (Å²) in [5.74, 6) is 0. The number of hydrogen-bond acceptors (Lipinski definition) is 2. The molecule has 0 atom stereocenters. The van der Waals surface area contributed by atoms with Gasteiger partial charge >= 0.3 is 0 Å². The fourth-order valence-electron chi connectivity index (χ4n) is 1.39. The summed E-state index contributed by atoms with van der Waals surface area (Å²) in [5.41, 5.74) is 13.9. The maximum absolute atomic E-state index is 5.39. The summed E-state index contributed by atoms with van der Waals surface area (Å²) in [5, 5.41) is 0. The predicted octanol–water partition coefficient (Wildman–Crippen LogP) is 2.49. The Hall–Kier alpha value is -1.96. The Kier molecular flexibility index (Phi) is 4.23. The molecule has 1 aromatic rings. The van der Waals surface area contributed by atoms with E-state index in [2.05, 4.69) is 6.58 Å². The largest absolute Gasteiger partial charge is 0.405 e. The standard InChI is InChI=1S/C13H16N2/c1-11(5-4-9-14)13-7-3-2-6-12(13)8-10-15/h2-4,6-10H,1,5,14-15H2/b9-4-,10-8-. The predicted molar refractivity (Wildman–Crippen MR) is 66.6 cm³/mol. The van der Waals surface area contributed by atoms with Crippen LogP contribution in [0.25, 0.3) is 11.6 Å². The highest BCUT2D eigenvalue weighted by atomic mass is 14.5. The maximum Gasteiger partial charge on any atom is -0.00561 e. The third-order valence-electron chi connectivity index (χ3n) is 2.12. The van der Waals surface area contributed by atoms with Gasteiger partial charge < -0.3 is 11.5 Å². The van der Waals surface area contributed by atoms with E-state index < -0.39 is 0 Å². The lowest BCUT2D eigenvalue weighted by atomic mass is 9.98. The van der Waals surface area contributed by atoms with Crippen LogP contribution in [0.5, 0.6) is 0 Å². The fourth-order valence-corrected chi connectivity index (χ4v) is 1.39. The van der Waals surface area contributed by atoms with Crippen LogP contribution < -0.4 is 11.5 Å². The fraction of sp³-hybridized carbons (Fsp3) is 0.0769. The molecular formula is C13H16N2. The molecule has 0 unspecified atom stereocenters. The van der Waals surface area contributed by atoms with Crippen molar-refractivity contribution in [3.05, 3.63) is 60.4 Å². The van der Waals surface area contributed by atoms with Crippen LogP contribution in [0.15, 0.2) is 49.3 Å². The van der Waals surface area contributed by atoms with Gasteiger partial charge in [-0.25, -0.2) is 0 Å². The van der Waals surface area contributed by atoms with Gasteiger partial charge in [-0.05, 0) is 41.6 Å². The molecule has 0 bridgehead atoms. The highest BCUT2D eigenvalue weighted by Crippen LogP contribution is 2.21. The van der Waals surface area contributed by atoms with Gasteiger partial charge in [-0.15, -0.1) is 0 Å². The van der Waals surface area contributed by atoms with Crippen molar-refractivity contribution in [1.29, 1.82) is 0 Å². The highest BCUT2D eigenvalue weighted by Gasteiger charge is 2.01. The summed E-state index contributed by atoms with van der Waals surface area (Å²) in [7, 11) is 0. The Labute approximate surface area is 90.6 Å². The summed E-state index contributed by atoms with van der Waals surface area (Å²) in [6.45, 7) is 4.02. The second kappa shape index (κ2) is 5.70. The van der Waals surface area contributed by atoms with Crippen molar-refractivity contribution in [2.75, 3.05) is 0 Å². The summed E-state index contributed by atoms with van der Waals surface area (Å²) < 4.78 is 0. The average Bonchev–Trinajstić information content (AvgIpc) is 2.27. The van der Waals surface area contributed by atoms with Crippen LogP contribution in [0, 0.1) is 0 Å². The van der Waals surface area contributed by atoms with E-state index in [0.717, 1.165) is 23.1 Å². The van der Waals surface area contributed by atoms with Crippen LogP contribution in [-0.4, -0.2) is 0 Å². The van der Waals surface area contributed by atoms with Crippen LogP contribution in [0.3, 0.4) is 0 Å². The Morgan fingerprint density at radius 3 is 2.60 bits per heavy atom. The number of rotatable bonds is 4. The van der Waals surface area contributed by atoms with Gasteiger partial charge in [-0.1, -0.05) is 36.9 Å². The van der Waals surface area contributed by atoms with Crippen molar-refractivity contribution in [2.24, 2.45) is 11.5 Å². The quantitative estimate of drug-likeness (QED) is 0.784. The summed E-state index contributed by atoms with van der Waals surface area (Å²) in [4.78, 5) is 0. The number of benzene rings is 1. The molecular weight excluding hydrogens is 184 g/mol. The van der Waals surface area contributed by atoms with Gasteiger partial charge in [0.05, 0.1) is 0 Å². The molecule has 0 fully saturated rings. The normalized spacial score (nSPS) is 11.2. The molecule has 0 aliphatic carbocycles. The zero-order valence-corrected chi connectivity index (χ0v) is 8.69. The molecule has 1 aromatic carbocycles. The minimum Gasteiger partial charge on any atom is -0.405 e. The molecule has 0 saturated carbocycles. The first-order valence-electron chi connectivity index (χ1n) is 4.81. The zero-order valence-electron chi connectivity index (χ0n) is 8.69. The second-order valence-electron chi connectivity index (χ2n) is 3.18. The van der Waals surface area contributed by atoms with E-state index in [0.29, 0.717) is 0 Å². The van der Waals surface area contributed by atoms with Gasteiger partial charge in [0.1, 0.15) is 0 Å². The summed E-state index contributed by atoms with van der Waals surface area (Å²) >= 11 is 0. The third-order valence-corrected chi connectivity index (χ3v) is 2.12. The molecule has 0 aromatic heterocycles. The molecule has 1 rings (SSSR count). The van der Waals surface area contributed by atoms with Gasteiger partial charge in [0.2, 0.25) is 0 Å². The van der Waals surface area contributed by atoms with E-state index in [1.165, 1.54) is 12.4 Å². The minimum atomic E-state index is 0.756. The van der Waals surface area contributed by atoms with Crippen molar-refractivity contribution in [3.8, 4) is 0 Å². The lowest BCUT2D eigenvalue weighted by Gasteiger charge is -2.07. The molecule has 0 aliphatic heterocycles. The van der Waals surface area contributed by atoms with Crippen LogP contribution in [0.2, 0.25) is 0 Å². The molecule has 2 heteroatoms. The van der Waals surface area contributed by atoms with Crippen molar-refractivity contribution >= 4 is 11.6 Å². The van der Waals surface area contributed by atoms with Crippen molar-refractivity contribution < 1.29 is 0 Å². The molecule has 2 nitrogen and oxygen atoms in total. The van der Waals surface area contributed by atoms with Gasteiger partial charge in [0.15, 0.2) is 0 Å². The molecule has 78 valence electrons. The van der Waals surface area contributed by atoms with E-state index in [1.54, 1.807) is 0 Å². The first-order chi connectivity index (χ1) is 7.29. The van der Waals surface area contributed by atoms with Crippen LogP contribution in [0.4, 0.5) is 0 Å². The number of hydrogen-bond donors (Lipinski definition) is 2. The SMILES string of the molecule is C=C(C/C=C\N)c1ccccc1/C=C\N. The monoisotopic (exact) mass is 200 g/mol. The lowest BCUT2D eigenvalue weighted by molar-refractivity contribution is 1.36. The average molecular weight is 200 g/mol. The van der Waals surface area contributed by atoms with E-state index in [1.807, 2.05) is 36.4 Å². The Balaban J connectivity index is 2.97. The number of nitrogens with two attached hydrogens (primary N) is 2. The topological polar surface area (TPSA) is 52.0 Å². The van der Waals surface area contributed by atoms with Crippen LogP contribution in [-0.2, 0) is 0 Å². The zero-order chi connectivity index (χ0) is 11.1. The smallest absolute Gasteiger partial charge is 0.00561 e. The van der Waals surface area contributed by atoms with E-state index in [-0.39, 0.29) is 0 Å². The second-order valence-corrected chi connectivity index (χ2v) is 3.18. The summed E-state index contributed by atoms with van der Waals surface area (Å²) in [6.07, 6.45) is 7.57. The molecule has 0 radical (unpaired) electrons. The Bertz CT molecular complexity index is 389. The van der Waals surface area contributed by atoms with Crippen molar-refractivity contribution in [3.63, 3.8) is 0 Å². The van der Waals surface area contributed by atoms with Crippen LogP contribution >= 0.6 is 0 Å². The molecule has 0 amide bonds. The van der Waals surface area contributed by atoms with Gasteiger partial charge in [-0.3, -0.25) is 0 Å². The summed E-state index contributed by atoms with van der Waals surface area (Å²) in [6, 6.07) is 8.00. The lowest BCUT2D eigenvalue weighted by Crippen LogP contribution is -1.88. The van der Waals surface area contributed by atoms with Gasteiger partial charge in [0, 0.05) is 0 Å². The Morgan fingerprint density at radius 1 is 1.20 bits per heavy atom.